The Hall–Kier alpha value is -2.41. The van der Waals surface area contributed by atoms with Gasteiger partial charge in [0.2, 0.25) is 5.95 Å². The molecule has 2 fully saturated rings. The minimum Gasteiger partial charge on any atom is -0.340 e. The summed E-state index contributed by atoms with van der Waals surface area (Å²) in [7, 11) is 1.98. The Morgan fingerprint density at radius 2 is 2.24 bits per heavy atom. The van der Waals surface area contributed by atoms with Crippen LogP contribution in [0.4, 0.5) is 17.6 Å². The Labute approximate surface area is 147 Å². The number of H-pyrrole nitrogens is 1. The Kier molecular flexibility index (Phi) is 4.40. The summed E-state index contributed by atoms with van der Waals surface area (Å²) in [6, 6.07) is 3.95. The summed E-state index contributed by atoms with van der Waals surface area (Å²) >= 11 is 0. The predicted molar refractivity (Wildman–Crippen MR) is 99.3 cm³/mol. The van der Waals surface area contributed by atoms with Gasteiger partial charge in [-0.15, -0.1) is 0 Å². The van der Waals surface area contributed by atoms with Crippen LogP contribution in [0.3, 0.4) is 0 Å². The van der Waals surface area contributed by atoms with Crippen LogP contribution in [-0.2, 0) is 0 Å². The summed E-state index contributed by atoms with van der Waals surface area (Å²) < 4.78 is 0. The van der Waals surface area contributed by atoms with Gasteiger partial charge in [-0.2, -0.15) is 10.1 Å². The van der Waals surface area contributed by atoms with Crippen molar-refractivity contribution < 1.29 is 0 Å². The molecule has 0 amide bonds. The molecule has 3 N–H and O–H groups in total. The smallest absolute Gasteiger partial charge is 0.227 e. The molecule has 2 aromatic rings. The normalized spacial score (nSPS) is 20.8. The number of aromatic amines is 1. The van der Waals surface area contributed by atoms with E-state index in [2.05, 4.69) is 48.3 Å². The summed E-state index contributed by atoms with van der Waals surface area (Å²) in [5.41, 5.74) is 2.52. The van der Waals surface area contributed by atoms with Crippen molar-refractivity contribution in [3.8, 4) is 0 Å². The van der Waals surface area contributed by atoms with E-state index >= 15 is 0 Å². The van der Waals surface area contributed by atoms with Gasteiger partial charge in [-0.3, -0.25) is 5.10 Å². The van der Waals surface area contributed by atoms with Gasteiger partial charge in [0, 0.05) is 49.4 Å². The zero-order valence-electron chi connectivity index (χ0n) is 14.6. The molecule has 3 heterocycles. The highest BCUT2D eigenvalue weighted by Crippen LogP contribution is 2.39. The van der Waals surface area contributed by atoms with Crippen molar-refractivity contribution in [2.45, 2.75) is 25.2 Å². The molecule has 2 aromatic heterocycles. The van der Waals surface area contributed by atoms with Crippen molar-refractivity contribution in [1.82, 2.24) is 25.5 Å². The van der Waals surface area contributed by atoms with Crippen LogP contribution in [0, 0.1) is 5.92 Å². The third-order valence-electron chi connectivity index (χ3n) is 4.97. The van der Waals surface area contributed by atoms with Gasteiger partial charge in [-0.1, -0.05) is 12.2 Å². The number of nitrogens with one attached hydrogen (secondary N) is 3. The lowest BCUT2D eigenvalue weighted by Gasteiger charge is -2.34. The monoisotopic (exact) mass is 339 g/mol. The SMILES string of the molecule is C=C1CCN(c2nccc(Nc3cc(C4CC4)[nH]n3)n2)C[C@@H]1CNC. The van der Waals surface area contributed by atoms with Crippen LogP contribution in [0.2, 0.25) is 0 Å². The molecule has 4 rings (SSSR count). The molecule has 0 spiro atoms. The van der Waals surface area contributed by atoms with Gasteiger partial charge in [0.05, 0.1) is 0 Å². The maximum atomic E-state index is 4.68. The van der Waals surface area contributed by atoms with Gasteiger partial charge in [0.15, 0.2) is 5.82 Å². The number of piperidine rings is 1. The molecule has 7 heteroatoms. The van der Waals surface area contributed by atoms with Gasteiger partial charge in [0.1, 0.15) is 5.82 Å². The van der Waals surface area contributed by atoms with Crippen molar-refractivity contribution in [3.05, 3.63) is 36.2 Å². The van der Waals surface area contributed by atoms with E-state index in [4.69, 9.17) is 0 Å². The largest absolute Gasteiger partial charge is 0.340 e. The van der Waals surface area contributed by atoms with Gasteiger partial charge >= 0.3 is 0 Å². The number of nitrogens with zero attached hydrogens (tertiary/aromatic N) is 4. The molecule has 0 unspecified atom stereocenters. The van der Waals surface area contributed by atoms with E-state index in [1.165, 1.54) is 24.1 Å². The zero-order valence-corrected chi connectivity index (χ0v) is 14.6. The first-order valence-electron chi connectivity index (χ1n) is 8.95. The highest BCUT2D eigenvalue weighted by molar-refractivity contribution is 5.54. The van der Waals surface area contributed by atoms with Crippen LogP contribution in [0.1, 0.15) is 30.9 Å². The maximum absolute atomic E-state index is 4.68. The minimum absolute atomic E-state index is 0.436. The number of hydrogen-bond donors (Lipinski definition) is 3. The summed E-state index contributed by atoms with van der Waals surface area (Å²) in [5.74, 6) is 3.44. The first kappa shape index (κ1) is 16.1. The van der Waals surface area contributed by atoms with E-state index < -0.39 is 0 Å². The fourth-order valence-corrected chi connectivity index (χ4v) is 3.31. The van der Waals surface area contributed by atoms with E-state index in [-0.39, 0.29) is 0 Å². The van der Waals surface area contributed by atoms with Crippen LogP contribution >= 0.6 is 0 Å². The molecule has 0 bridgehead atoms. The molecule has 1 saturated heterocycles. The summed E-state index contributed by atoms with van der Waals surface area (Å²) in [5, 5.41) is 14.0. The summed E-state index contributed by atoms with van der Waals surface area (Å²) in [6.45, 7) is 6.95. The quantitative estimate of drug-likeness (QED) is 0.701. The van der Waals surface area contributed by atoms with Gasteiger partial charge in [-0.25, -0.2) is 4.98 Å². The number of hydrogen-bond acceptors (Lipinski definition) is 6. The molecule has 0 radical (unpaired) electrons. The second-order valence-corrected chi connectivity index (χ2v) is 6.96. The molecule has 1 atom stereocenters. The van der Waals surface area contributed by atoms with Crippen LogP contribution in [-0.4, -0.2) is 46.8 Å². The van der Waals surface area contributed by atoms with E-state index in [9.17, 15) is 0 Å². The third-order valence-corrected chi connectivity index (χ3v) is 4.97. The molecule has 1 aliphatic heterocycles. The fraction of sp³-hybridized carbons (Fsp3) is 0.500. The molecular weight excluding hydrogens is 314 g/mol. The highest BCUT2D eigenvalue weighted by Gasteiger charge is 2.26. The Morgan fingerprint density at radius 3 is 3.04 bits per heavy atom. The second-order valence-electron chi connectivity index (χ2n) is 6.96. The predicted octanol–water partition coefficient (Wildman–Crippen LogP) is 2.42. The van der Waals surface area contributed by atoms with Crippen LogP contribution in [0.25, 0.3) is 0 Å². The van der Waals surface area contributed by atoms with Crippen LogP contribution in [0.15, 0.2) is 30.5 Å². The first-order chi connectivity index (χ1) is 12.2. The maximum Gasteiger partial charge on any atom is 0.227 e. The molecule has 1 aliphatic carbocycles. The third kappa shape index (κ3) is 3.66. The fourth-order valence-electron chi connectivity index (χ4n) is 3.31. The van der Waals surface area contributed by atoms with E-state index in [0.29, 0.717) is 11.8 Å². The lowest BCUT2D eigenvalue weighted by Crippen LogP contribution is -2.41. The van der Waals surface area contributed by atoms with Crippen molar-refractivity contribution in [2.75, 3.05) is 36.9 Å². The minimum atomic E-state index is 0.436. The van der Waals surface area contributed by atoms with Crippen molar-refractivity contribution in [3.63, 3.8) is 0 Å². The second kappa shape index (κ2) is 6.84. The van der Waals surface area contributed by atoms with Gasteiger partial charge in [-0.05, 0) is 32.4 Å². The Balaban J connectivity index is 1.45. The molecule has 7 nitrogen and oxygen atoms in total. The van der Waals surface area contributed by atoms with E-state index in [0.717, 1.165) is 43.6 Å². The topological polar surface area (TPSA) is 81.8 Å². The van der Waals surface area contributed by atoms with Crippen molar-refractivity contribution >= 4 is 17.6 Å². The number of anilines is 3. The average molecular weight is 339 g/mol. The summed E-state index contributed by atoms with van der Waals surface area (Å²) in [6.07, 6.45) is 5.30. The van der Waals surface area contributed by atoms with Crippen LogP contribution in [0.5, 0.6) is 0 Å². The molecule has 132 valence electrons. The zero-order chi connectivity index (χ0) is 17.2. The van der Waals surface area contributed by atoms with Crippen molar-refractivity contribution in [2.24, 2.45) is 5.92 Å². The van der Waals surface area contributed by atoms with Gasteiger partial charge < -0.3 is 15.5 Å². The lowest BCUT2D eigenvalue weighted by atomic mass is 9.93. The van der Waals surface area contributed by atoms with E-state index in [1.54, 1.807) is 6.20 Å². The highest BCUT2D eigenvalue weighted by atomic mass is 15.3. The van der Waals surface area contributed by atoms with Crippen LogP contribution < -0.4 is 15.5 Å². The number of rotatable bonds is 6. The molecular formula is C18H25N7. The first-order valence-corrected chi connectivity index (χ1v) is 8.95. The molecule has 25 heavy (non-hydrogen) atoms. The molecule has 1 saturated carbocycles. The van der Waals surface area contributed by atoms with Crippen molar-refractivity contribution in [1.29, 1.82) is 0 Å². The van der Waals surface area contributed by atoms with Gasteiger partial charge in [0.25, 0.3) is 0 Å². The average Bonchev–Trinajstić information content (AvgIpc) is 3.37. The Morgan fingerprint density at radius 1 is 1.36 bits per heavy atom. The summed E-state index contributed by atoms with van der Waals surface area (Å²) in [4.78, 5) is 11.4. The van der Waals surface area contributed by atoms with E-state index in [1.807, 2.05) is 13.1 Å². The Bertz CT molecular complexity index is 749. The lowest BCUT2D eigenvalue weighted by molar-refractivity contribution is 0.494. The molecule has 2 aliphatic rings. The molecule has 0 aromatic carbocycles. The standard InChI is InChI=1S/C18H25N7/c1-12-6-8-25(11-14(12)10-19-2)18-20-7-5-16(22-18)21-17-9-15(23-24-17)13-3-4-13/h5,7,9,13-14,19H,1,3-4,6,8,10-11H2,2H3,(H2,20,21,22,23,24)/t14-/m0/s1. The number of aromatic nitrogens is 4.